The topological polar surface area (TPSA) is 71.9 Å². The molecule has 28 heavy (non-hydrogen) atoms. The molecule has 3 aromatic rings. The Morgan fingerprint density at radius 1 is 1.29 bits per heavy atom. The van der Waals surface area contributed by atoms with Crippen molar-refractivity contribution >= 4 is 41.3 Å². The molecule has 0 saturated carbocycles. The molecule has 0 radical (unpaired) electrons. The van der Waals surface area contributed by atoms with Gasteiger partial charge in [0.2, 0.25) is 5.91 Å². The molecule has 0 aliphatic carbocycles. The number of aromatic nitrogens is 3. The van der Waals surface area contributed by atoms with Gasteiger partial charge < -0.3 is 10.1 Å². The minimum absolute atomic E-state index is 0.0201. The lowest BCUT2D eigenvalue weighted by molar-refractivity contribution is -0.122. The van der Waals surface area contributed by atoms with E-state index in [2.05, 4.69) is 15.5 Å². The molecular weight excluding hydrogens is 419 g/mol. The summed E-state index contributed by atoms with van der Waals surface area (Å²) in [6, 6.07) is 12.2. The molecule has 0 saturated heterocycles. The first-order valence-electron chi connectivity index (χ1n) is 8.43. The summed E-state index contributed by atoms with van der Waals surface area (Å²) in [7, 11) is 1.60. The van der Waals surface area contributed by atoms with Crippen LogP contribution in [0, 0.1) is 4.77 Å². The molecule has 9 heteroatoms. The van der Waals surface area contributed by atoms with Crippen LogP contribution < -0.4 is 10.1 Å². The van der Waals surface area contributed by atoms with E-state index < -0.39 is 0 Å². The number of hydrogen-bond donors (Lipinski definition) is 2. The molecule has 3 rings (SSSR count). The normalized spacial score (nSPS) is 11.9. The quantitative estimate of drug-likeness (QED) is 0.544. The van der Waals surface area contributed by atoms with E-state index in [1.165, 1.54) is 0 Å². The number of nitrogens with one attached hydrogen (secondary N) is 2. The van der Waals surface area contributed by atoms with E-state index in [1.54, 1.807) is 29.9 Å². The number of H-pyrrole nitrogens is 1. The molecule has 0 aliphatic heterocycles. The summed E-state index contributed by atoms with van der Waals surface area (Å²) < 4.78 is 7.17. The van der Waals surface area contributed by atoms with Crippen LogP contribution in [0.3, 0.4) is 0 Å². The van der Waals surface area contributed by atoms with Gasteiger partial charge in [0.05, 0.1) is 13.2 Å². The average Bonchev–Trinajstić information content (AvgIpc) is 3.02. The average molecular weight is 437 g/mol. The van der Waals surface area contributed by atoms with Crippen LogP contribution in [0.2, 0.25) is 10.0 Å². The minimum atomic E-state index is -0.289. The van der Waals surface area contributed by atoms with E-state index in [4.69, 9.17) is 40.2 Å². The fraction of sp³-hybridized carbons (Fsp3) is 0.211. The van der Waals surface area contributed by atoms with Crippen LogP contribution in [-0.4, -0.2) is 27.8 Å². The van der Waals surface area contributed by atoms with Crippen molar-refractivity contribution < 1.29 is 9.53 Å². The summed E-state index contributed by atoms with van der Waals surface area (Å²) in [5.74, 6) is 1.08. The Kier molecular flexibility index (Phi) is 6.39. The second kappa shape index (κ2) is 8.77. The fourth-order valence-corrected chi connectivity index (χ4v) is 3.55. The maximum absolute atomic E-state index is 12.6. The SMILES string of the molecule is COc1ccc(-c2n[nH]c(=S)n2CC(=O)NC(C)c2ccc(Cl)cc2Cl)cc1. The van der Waals surface area contributed by atoms with Crippen molar-refractivity contribution in [1.82, 2.24) is 20.1 Å². The zero-order chi connectivity index (χ0) is 20.3. The zero-order valence-corrected chi connectivity index (χ0v) is 17.5. The largest absolute Gasteiger partial charge is 0.497 e. The van der Waals surface area contributed by atoms with Gasteiger partial charge in [0.15, 0.2) is 10.6 Å². The highest BCUT2D eigenvalue weighted by atomic mass is 35.5. The maximum atomic E-state index is 12.6. The van der Waals surface area contributed by atoms with Gasteiger partial charge in [0.1, 0.15) is 12.3 Å². The third kappa shape index (κ3) is 4.55. The monoisotopic (exact) mass is 436 g/mol. The number of amides is 1. The maximum Gasteiger partial charge on any atom is 0.240 e. The van der Waals surface area contributed by atoms with E-state index in [0.29, 0.717) is 20.6 Å². The van der Waals surface area contributed by atoms with Crippen molar-refractivity contribution in [2.45, 2.75) is 19.5 Å². The van der Waals surface area contributed by atoms with Gasteiger partial charge in [-0.05, 0) is 61.1 Å². The van der Waals surface area contributed by atoms with Crippen LogP contribution in [0.15, 0.2) is 42.5 Å². The van der Waals surface area contributed by atoms with E-state index >= 15 is 0 Å². The minimum Gasteiger partial charge on any atom is -0.497 e. The first-order valence-corrected chi connectivity index (χ1v) is 9.59. The Labute approximate surface area is 177 Å². The number of nitrogens with zero attached hydrogens (tertiary/aromatic N) is 2. The second-order valence-corrected chi connectivity index (χ2v) is 7.35. The van der Waals surface area contributed by atoms with Crippen LogP contribution in [0.1, 0.15) is 18.5 Å². The molecule has 1 atom stereocenters. The fourth-order valence-electron chi connectivity index (χ4n) is 2.79. The Morgan fingerprint density at radius 3 is 2.64 bits per heavy atom. The van der Waals surface area contributed by atoms with Gasteiger partial charge in [-0.3, -0.25) is 14.5 Å². The standard InChI is InChI=1S/C19H18Cl2N4O2S/c1-11(15-8-5-13(20)9-16(15)21)22-17(26)10-25-18(23-24-19(25)28)12-3-6-14(27-2)7-4-12/h3-9,11H,10H2,1-2H3,(H,22,26)(H,24,28). The molecule has 1 aromatic heterocycles. The van der Waals surface area contributed by atoms with Crippen LogP contribution in [0.25, 0.3) is 11.4 Å². The number of aromatic amines is 1. The summed E-state index contributed by atoms with van der Waals surface area (Å²) in [6.07, 6.45) is 0. The summed E-state index contributed by atoms with van der Waals surface area (Å²) in [5, 5.41) is 10.9. The van der Waals surface area contributed by atoms with E-state index in [-0.39, 0.29) is 18.5 Å². The molecule has 0 spiro atoms. The Hall–Kier alpha value is -2.35. The van der Waals surface area contributed by atoms with Crippen molar-refractivity contribution in [3.05, 3.63) is 62.8 Å². The van der Waals surface area contributed by atoms with Gasteiger partial charge in [0, 0.05) is 15.6 Å². The lowest BCUT2D eigenvalue weighted by Gasteiger charge is -2.16. The van der Waals surface area contributed by atoms with Gasteiger partial charge >= 0.3 is 0 Å². The molecule has 1 heterocycles. The summed E-state index contributed by atoms with van der Waals surface area (Å²) in [6.45, 7) is 1.87. The highest BCUT2D eigenvalue weighted by Crippen LogP contribution is 2.26. The van der Waals surface area contributed by atoms with Crippen molar-refractivity contribution in [1.29, 1.82) is 0 Å². The molecular formula is C19H18Cl2N4O2S. The Morgan fingerprint density at radius 2 is 2.00 bits per heavy atom. The van der Waals surface area contributed by atoms with Crippen molar-refractivity contribution in [2.75, 3.05) is 7.11 Å². The predicted octanol–water partition coefficient (Wildman–Crippen LogP) is 4.80. The number of rotatable bonds is 6. The van der Waals surface area contributed by atoms with Crippen LogP contribution in [-0.2, 0) is 11.3 Å². The number of benzene rings is 2. The van der Waals surface area contributed by atoms with Crippen molar-refractivity contribution in [3.63, 3.8) is 0 Å². The third-order valence-electron chi connectivity index (χ3n) is 4.21. The molecule has 1 unspecified atom stereocenters. The number of ether oxygens (including phenoxy) is 1. The molecule has 0 aliphatic rings. The summed E-state index contributed by atoms with van der Waals surface area (Å²) in [5.41, 5.74) is 1.60. The van der Waals surface area contributed by atoms with Crippen LogP contribution >= 0.6 is 35.4 Å². The third-order valence-corrected chi connectivity index (χ3v) is 5.09. The number of hydrogen-bond acceptors (Lipinski definition) is 4. The highest BCUT2D eigenvalue weighted by Gasteiger charge is 2.16. The van der Waals surface area contributed by atoms with Gasteiger partial charge in [-0.2, -0.15) is 5.10 Å². The summed E-state index contributed by atoms with van der Waals surface area (Å²) >= 11 is 17.4. The zero-order valence-electron chi connectivity index (χ0n) is 15.2. The molecule has 1 amide bonds. The highest BCUT2D eigenvalue weighted by molar-refractivity contribution is 7.71. The Bertz CT molecular complexity index is 1050. The molecule has 2 N–H and O–H groups in total. The van der Waals surface area contributed by atoms with E-state index in [1.807, 2.05) is 31.2 Å². The van der Waals surface area contributed by atoms with Gasteiger partial charge in [-0.15, -0.1) is 0 Å². The van der Waals surface area contributed by atoms with Crippen molar-refractivity contribution in [2.24, 2.45) is 0 Å². The lowest BCUT2D eigenvalue weighted by Crippen LogP contribution is -2.30. The predicted molar refractivity (Wildman–Crippen MR) is 112 cm³/mol. The molecule has 2 aromatic carbocycles. The number of methoxy groups -OCH3 is 1. The molecule has 0 bridgehead atoms. The second-order valence-electron chi connectivity index (χ2n) is 6.12. The van der Waals surface area contributed by atoms with Gasteiger partial charge in [-0.1, -0.05) is 29.3 Å². The molecule has 146 valence electrons. The smallest absolute Gasteiger partial charge is 0.240 e. The van der Waals surface area contributed by atoms with Crippen molar-refractivity contribution in [3.8, 4) is 17.1 Å². The lowest BCUT2D eigenvalue weighted by atomic mass is 10.1. The van der Waals surface area contributed by atoms with E-state index in [9.17, 15) is 4.79 Å². The van der Waals surface area contributed by atoms with E-state index in [0.717, 1.165) is 16.9 Å². The molecule has 6 nitrogen and oxygen atoms in total. The summed E-state index contributed by atoms with van der Waals surface area (Å²) in [4.78, 5) is 12.6. The number of carbonyl (C=O) groups is 1. The van der Waals surface area contributed by atoms with Gasteiger partial charge in [-0.25, -0.2) is 0 Å². The number of carbonyl (C=O) groups excluding carboxylic acids is 1. The number of halogens is 2. The first kappa shape index (κ1) is 20.4. The molecule has 0 fully saturated rings. The van der Waals surface area contributed by atoms with Gasteiger partial charge in [0.25, 0.3) is 0 Å². The Balaban J connectivity index is 1.77. The van der Waals surface area contributed by atoms with Crippen LogP contribution in [0.5, 0.6) is 5.75 Å². The van der Waals surface area contributed by atoms with Crippen LogP contribution in [0.4, 0.5) is 0 Å². The first-order chi connectivity index (χ1) is 13.4.